The Kier molecular flexibility index (Phi) is 7.78. The molecule has 1 heterocycles. The average molecular weight is 583 g/mol. The monoisotopic (exact) mass is 582 g/mol. The molecule has 2 N–H and O–H groups in total. The lowest BCUT2D eigenvalue weighted by atomic mass is 9.76. The first-order chi connectivity index (χ1) is 20.6. The van der Waals surface area contributed by atoms with Crippen LogP contribution in [0.15, 0.2) is 59.4 Å². The van der Waals surface area contributed by atoms with E-state index in [1.807, 2.05) is 6.92 Å². The molecule has 2 aliphatic carbocycles. The van der Waals surface area contributed by atoms with Crippen LogP contribution in [0, 0.1) is 32.6 Å². The van der Waals surface area contributed by atoms with Crippen LogP contribution >= 0.6 is 0 Å². The van der Waals surface area contributed by atoms with Crippen LogP contribution in [0.25, 0.3) is 0 Å². The molecule has 1 fully saturated rings. The number of hydrogen-bond donors (Lipinski definition) is 2. The molecule has 6 heteroatoms. The lowest BCUT2D eigenvalue weighted by Gasteiger charge is -2.27. The summed E-state index contributed by atoms with van der Waals surface area (Å²) in [6, 6.07) is 12.5. The van der Waals surface area contributed by atoms with E-state index in [-0.39, 0.29) is 11.8 Å². The van der Waals surface area contributed by atoms with Crippen molar-refractivity contribution in [3.63, 3.8) is 0 Å². The zero-order valence-electron chi connectivity index (χ0n) is 26.2. The number of phenolic OH excluding ortho intramolecular Hbond substituents is 2. The Morgan fingerprint density at radius 1 is 0.744 bits per heavy atom. The Morgan fingerprint density at radius 2 is 1.26 bits per heavy atom. The van der Waals surface area contributed by atoms with Gasteiger partial charge in [0.2, 0.25) is 6.29 Å². The Labute approximate surface area is 254 Å². The summed E-state index contributed by atoms with van der Waals surface area (Å²) in [6.07, 6.45) is 3.46. The fourth-order valence-corrected chi connectivity index (χ4v) is 7.32. The molecule has 10 bridgehead atoms. The van der Waals surface area contributed by atoms with Crippen LogP contribution in [-0.2, 0) is 39.9 Å². The number of hydrogen-bond acceptors (Lipinski definition) is 6. The molecular formula is C37H42O6. The van der Waals surface area contributed by atoms with Gasteiger partial charge in [-0.25, -0.2) is 0 Å². The van der Waals surface area contributed by atoms with Gasteiger partial charge in [-0.05, 0) is 80.0 Å². The van der Waals surface area contributed by atoms with Crippen molar-refractivity contribution < 1.29 is 29.2 Å². The summed E-state index contributed by atoms with van der Waals surface area (Å²) in [7, 11) is 3.31. The smallest absolute Gasteiger partial charge is 0.206 e. The summed E-state index contributed by atoms with van der Waals surface area (Å²) < 4.78 is 24.2. The van der Waals surface area contributed by atoms with Gasteiger partial charge in [0.15, 0.2) is 6.29 Å². The van der Waals surface area contributed by atoms with Crippen molar-refractivity contribution in [1.82, 2.24) is 0 Å². The molecule has 0 saturated carbocycles. The molecule has 3 aliphatic rings. The number of fused-ring (bicyclic) bond motifs is 6. The number of aryl methyl sites for hydroxylation is 3. The Morgan fingerprint density at radius 3 is 1.81 bits per heavy atom. The first-order valence-electron chi connectivity index (χ1n) is 15.1. The van der Waals surface area contributed by atoms with Gasteiger partial charge in [-0.3, -0.25) is 0 Å². The van der Waals surface area contributed by atoms with Gasteiger partial charge in [-0.2, -0.15) is 0 Å². The Bertz CT molecular complexity index is 1650. The van der Waals surface area contributed by atoms with Gasteiger partial charge in [0.25, 0.3) is 0 Å². The maximum atomic E-state index is 11.8. The van der Waals surface area contributed by atoms with Crippen LogP contribution in [0.1, 0.15) is 63.9 Å². The molecule has 4 atom stereocenters. The minimum atomic E-state index is -0.471. The van der Waals surface area contributed by atoms with Crippen molar-refractivity contribution in [2.75, 3.05) is 14.2 Å². The SMILES string of the molecule is COC(C)Oc1c2cc(C)cc1Cc1cc(C)cc(c1O)CC1C3=C(C=C(C)C1C(OC)O3)Cc1cc(C)cc(c1O)C2. The van der Waals surface area contributed by atoms with Crippen LogP contribution < -0.4 is 4.74 Å². The molecule has 4 unspecified atom stereocenters. The molecule has 0 radical (unpaired) electrons. The minimum Gasteiger partial charge on any atom is -0.507 e. The van der Waals surface area contributed by atoms with Crippen molar-refractivity contribution in [1.29, 1.82) is 0 Å². The summed E-state index contributed by atoms with van der Waals surface area (Å²) >= 11 is 0. The molecule has 3 aromatic rings. The number of phenols is 2. The van der Waals surface area contributed by atoms with E-state index in [1.165, 1.54) is 5.57 Å². The van der Waals surface area contributed by atoms with Crippen molar-refractivity contribution in [2.24, 2.45) is 11.8 Å². The van der Waals surface area contributed by atoms with Crippen molar-refractivity contribution >= 4 is 0 Å². The van der Waals surface area contributed by atoms with E-state index in [9.17, 15) is 10.2 Å². The molecule has 1 saturated heterocycles. The summed E-state index contributed by atoms with van der Waals surface area (Å²) in [4.78, 5) is 0. The van der Waals surface area contributed by atoms with Gasteiger partial charge < -0.3 is 29.2 Å². The van der Waals surface area contributed by atoms with Gasteiger partial charge >= 0.3 is 0 Å². The second-order valence-corrected chi connectivity index (χ2v) is 12.6. The number of ether oxygens (including phenoxy) is 4. The Hall–Kier alpha value is -3.74. The fourth-order valence-electron chi connectivity index (χ4n) is 7.32. The third-order valence-corrected chi connectivity index (χ3v) is 9.19. The first-order valence-corrected chi connectivity index (χ1v) is 15.1. The van der Waals surface area contributed by atoms with Crippen LogP contribution in [0.5, 0.6) is 17.2 Å². The molecule has 1 aliphatic heterocycles. The molecule has 6 nitrogen and oxygen atoms in total. The highest BCUT2D eigenvalue weighted by Gasteiger charge is 2.46. The molecular weight excluding hydrogens is 540 g/mol. The van der Waals surface area contributed by atoms with E-state index in [2.05, 4.69) is 70.2 Å². The van der Waals surface area contributed by atoms with Crippen LogP contribution in [0.3, 0.4) is 0 Å². The normalized spacial score (nSPS) is 21.7. The lowest BCUT2D eigenvalue weighted by molar-refractivity contribution is -0.0864. The summed E-state index contributed by atoms with van der Waals surface area (Å²) in [5.74, 6) is 2.28. The predicted molar refractivity (Wildman–Crippen MR) is 167 cm³/mol. The average Bonchev–Trinajstić information content (AvgIpc) is 3.25. The van der Waals surface area contributed by atoms with Crippen LogP contribution in [0.2, 0.25) is 0 Å². The number of aromatic hydroxyl groups is 2. The minimum absolute atomic E-state index is 0.0110. The summed E-state index contributed by atoms with van der Waals surface area (Å²) in [5, 5.41) is 23.4. The highest BCUT2D eigenvalue weighted by atomic mass is 16.7. The van der Waals surface area contributed by atoms with Gasteiger partial charge in [0.05, 0.1) is 5.92 Å². The number of methoxy groups -OCH3 is 2. The second kappa shape index (κ2) is 11.4. The quantitative estimate of drug-likeness (QED) is 0.319. The maximum absolute atomic E-state index is 11.8. The molecule has 0 aromatic heterocycles. The molecule has 0 amide bonds. The number of allylic oxidation sites excluding steroid dienone is 3. The standard InChI is InChI=1S/C37H42O6/c1-19-8-24-15-28-12-21(3)13-29(35(28)42-23(5)40-6)16-25-10-20(2)11-27(34(25)39)18-31-32-22(4)14-30(17-26(9-19)33(24)38)36(31)43-37(32)41-7/h8-14,23,31-32,37-39H,15-18H2,1-7H3. The molecule has 6 rings (SSSR count). The largest absolute Gasteiger partial charge is 0.507 e. The topological polar surface area (TPSA) is 77.4 Å². The van der Waals surface area contributed by atoms with Gasteiger partial charge in [-0.1, -0.05) is 64.7 Å². The molecule has 43 heavy (non-hydrogen) atoms. The number of rotatable bonds is 4. The Balaban J connectivity index is 1.60. The summed E-state index contributed by atoms with van der Waals surface area (Å²) in [5.41, 5.74) is 10.9. The van der Waals surface area contributed by atoms with Crippen molar-refractivity contribution in [3.8, 4) is 17.2 Å². The van der Waals surface area contributed by atoms with E-state index >= 15 is 0 Å². The zero-order chi connectivity index (χ0) is 30.6. The molecule has 226 valence electrons. The third kappa shape index (κ3) is 5.43. The third-order valence-electron chi connectivity index (χ3n) is 9.19. The summed E-state index contributed by atoms with van der Waals surface area (Å²) in [6.45, 7) is 10.2. The zero-order valence-corrected chi connectivity index (χ0v) is 26.2. The van der Waals surface area contributed by atoms with Gasteiger partial charge in [0, 0.05) is 39.4 Å². The van der Waals surface area contributed by atoms with Crippen LogP contribution in [0.4, 0.5) is 0 Å². The van der Waals surface area contributed by atoms with Crippen molar-refractivity contribution in [2.45, 2.75) is 72.9 Å². The lowest BCUT2D eigenvalue weighted by Crippen LogP contribution is -2.26. The molecule has 0 spiro atoms. The van der Waals surface area contributed by atoms with E-state index in [0.29, 0.717) is 37.2 Å². The first kappa shape index (κ1) is 29.3. The van der Waals surface area contributed by atoms with Crippen molar-refractivity contribution in [3.05, 3.63) is 109 Å². The van der Waals surface area contributed by atoms with E-state index in [0.717, 1.165) is 67.2 Å². The van der Waals surface area contributed by atoms with E-state index in [1.54, 1.807) is 14.2 Å². The van der Waals surface area contributed by atoms with Crippen LogP contribution in [-0.4, -0.2) is 37.0 Å². The van der Waals surface area contributed by atoms with Gasteiger partial charge in [0.1, 0.15) is 23.0 Å². The number of benzene rings is 3. The highest BCUT2D eigenvalue weighted by molar-refractivity contribution is 5.56. The predicted octanol–water partition coefficient (Wildman–Crippen LogP) is 7.12. The maximum Gasteiger partial charge on any atom is 0.206 e. The highest BCUT2D eigenvalue weighted by Crippen LogP contribution is 2.49. The fraction of sp³-hybridized carbons (Fsp3) is 0.405. The van der Waals surface area contributed by atoms with Gasteiger partial charge in [-0.15, -0.1) is 0 Å². The van der Waals surface area contributed by atoms with E-state index < -0.39 is 12.6 Å². The molecule has 3 aromatic carbocycles. The van der Waals surface area contributed by atoms with E-state index in [4.69, 9.17) is 18.9 Å². The second-order valence-electron chi connectivity index (χ2n) is 12.6.